The highest BCUT2D eigenvalue weighted by molar-refractivity contribution is 5.83. The van der Waals surface area contributed by atoms with Crippen molar-refractivity contribution >= 4 is 11.0 Å². The Balaban J connectivity index is 1.26. The number of hydrogen-bond donors (Lipinski definition) is 1. The van der Waals surface area contributed by atoms with Crippen LogP contribution in [0.1, 0.15) is 30.5 Å². The van der Waals surface area contributed by atoms with E-state index in [2.05, 4.69) is 39.7 Å². The van der Waals surface area contributed by atoms with Crippen LogP contribution in [0.4, 0.5) is 0 Å². The van der Waals surface area contributed by atoms with Crippen LogP contribution in [0.3, 0.4) is 0 Å². The molecule has 4 heterocycles. The molecule has 0 fully saturated rings. The molecule has 0 aromatic carbocycles. The number of aryl methyl sites for hydroxylation is 1. The Bertz CT molecular complexity index is 1370. The van der Waals surface area contributed by atoms with Crippen molar-refractivity contribution in [3.05, 3.63) is 90.2 Å². The highest BCUT2D eigenvalue weighted by atomic mass is 16.5. The van der Waals surface area contributed by atoms with E-state index in [-0.39, 0.29) is 6.04 Å². The third-order valence-corrected chi connectivity index (χ3v) is 6.69. The molecule has 3 aromatic rings. The fourth-order valence-corrected chi connectivity index (χ4v) is 4.94. The third-order valence-electron chi connectivity index (χ3n) is 6.69. The average molecular weight is 470 g/mol. The standard InChI is InChI=1S/C27H27N5O3/c1-33-25-10-9-22-27(30-25)23(11-12-28-22)32-16-19-15-20(7-8-21(19)31-32)29-26(18-5-3-2-4-6-18)24-17-34-13-14-35-24/h2-3,5,9-14,16-17,20,26,29H,4,6-8,15H2,1H3. The molecule has 178 valence electrons. The van der Waals surface area contributed by atoms with E-state index in [9.17, 15) is 0 Å². The Morgan fingerprint density at radius 3 is 3.00 bits per heavy atom. The van der Waals surface area contributed by atoms with Crippen LogP contribution >= 0.6 is 0 Å². The minimum atomic E-state index is -0.0210. The van der Waals surface area contributed by atoms with Gasteiger partial charge in [0.15, 0.2) is 5.76 Å². The monoisotopic (exact) mass is 469 g/mol. The van der Waals surface area contributed by atoms with Gasteiger partial charge in [0.1, 0.15) is 24.3 Å². The quantitative estimate of drug-likeness (QED) is 0.577. The molecular weight excluding hydrogens is 442 g/mol. The Hall–Kier alpha value is -3.91. The maximum Gasteiger partial charge on any atom is 0.213 e. The summed E-state index contributed by atoms with van der Waals surface area (Å²) in [5, 5.41) is 8.76. The van der Waals surface area contributed by atoms with E-state index in [1.807, 2.05) is 22.9 Å². The number of hydrogen-bond acceptors (Lipinski definition) is 7. The summed E-state index contributed by atoms with van der Waals surface area (Å²) < 4.78 is 18.5. The maximum atomic E-state index is 5.81. The molecule has 3 aliphatic rings. The zero-order valence-corrected chi connectivity index (χ0v) is 19.6. The first-order chi connectivity index (χ1) is 17.3. The van der Waals surface area contributed by atoms with Gasteiger partial charge in [-0.1, -0.05) is 18.2 Å². The van der Waals surface area contributed by atoms with Crippen LogP contribution in [0.15, 0.2) is 78.9 Å². The molecule has 0 bridgehead atoms. The number of fused-ring (bicyclic) bond motifs is 2. The lowest BCUT2D eigenvalue weighted by atomic mass is 9.90. The first-order valence-corrected chi connectivity index (χ1v) is 11.9. The summed E-state index contributed by atoms with van der Waals surface area (Å²) in [6, 6.07) is 5.96. The highest BCUT2D eigenvalue weighted by Crippen LogP contribution is 2.28. The molecule has 1 N–H and O–H groups in total. The van der Waals surface area contributed by atoms with Crippen LogP contribution in [-0.2, 0) is 22.3 Å². The van der Waals surface area contributed by atoms with Gasteiger partial charge in [-0.15, -0.1) is 0 Å². The molecule has 8 heteroatoms. The molecule has 0 saturated heterocycles. The smallest absolute Gasteiger partial charge is 0.213 e. The summed E-state index contributed by atoms with van der Waals surface area (Å²) >= 11 is 0. The van der Waals surface area contributed by atoms with Crippen molar-refractivity contribution in [2.24, 2.45) is 0 Å². The van der Waals surface area contributed by atoms with Crippen LogP contribution in [0.2, 0.25) is 0 Å². The van der Waals surface area contributed by atoms with Gasteiger partial charge in [0.05, 0.1) is 30.0 Å². The second-order valence-electron chi connectivity index (χ2n) is 8.89. The molecule has 2 aliphatic carbocycles. The lowest BCUT2D eigenvalue weighted by molar-refractivity contribution is 0.226. The number of methoxy groups -OCH3 is 1. The molecule has 0 spiro atoms. The van der Waals surface area contributed by atoms with Crippen molar-refractivity contribution in [1.82, 2.24) is 25.1 Å². The minimum Gasteiger partial charge on any atom is -0.481 e. The summed E-state index contributed by atoms with van der Waals surface area (Å²) in [6.45, 7) is 0. The first kappa shape index (κ1) is 21.6. The van der Waals surface area contributed by atoms with Gasteiger partial charge < -0.3 is 19.5 Å². The predicted molar refractivity (Wildman–Crippen MR) is 132 cm³/mol. The van der Waals surface area contributed by atoms with Gasteiger partial charge in [0.2, 0.25) is 5.88 Å². The van der Waals surface area contributed by atoms with Crippen LogP contribution in [0.5, 0.6) is 5.88 Å². The Labute approximate surface area is 203 Å². The number of aromatic nitrogens is 4. The van der Waals surface area contributed by atoms with Gasteiger partial charge in [-0.3, -0.25) is 4.98 Å². The molecule has 1 aliphatic heterocycles. The van der Waals surface area contributed by atoms with Crippen molar-refractivity contribution in [3.63, 3.8) is 0 Å². The van der Waals surface area contributed by atoms with Gasteiger partial charge in [0.25, 0.3) is 0 Å². The predicted octanol–water partition coefficient (Wildman–Crippen LogP) is 4.28. The van der Waals surface area contributed by atoms with Crippen molar-refractivity contribution < 1.29 is 14.2 Å². The molecule has 2 unspecified atom stereocenters. The third kappa shape index (κ3) is 4.33. The molecule has 0 amide bonds. The van der Waals surface area contributed by atoms with E-state index in [4.69, 9.17) is 19.3 Å². The van der Waals surface area contributed by atoms with Gasteiger partial charge >= 0.3 is 0 Å². The fraction of sp³-hybridized carbons (Fsp3) is 0.296. The number of allylic oxidation sites excluding steroid dienone is 3. The van der Waals surface area contributed by atoms with Crippen LogP contribution in [0.25, 0.3) is 16.7 Å². The van der Waals surface area contributed by atoms with Crippen molar-refractivity contribution in [2.75, 3.05) is 7.11 Å². The Morgan fingerprint density at radius 2 is 2.17 bits per heavy atom. The SMILES string of the molecule is COc1ccc2nccc(-n3cc4c(n3)CCC(NC(C3=CC=CCC3)C3=COC=CO3)C4)c2n1. The van der Waals surface area contributed by atoms with E-state index in [1.54, 1.807) is 32.1 Å². The Morgan fingerprint density at radius 1 is 1.20 bits per heavy atom. The molecular formula is C27H27N5O3. The highest BCUT2D eigenvalue weighted by Gasteiger charge is 2.29. The van der Waals surface area contributed by atoms with Crippen molar-refractivity contribution in [2.45, 2.75) is 44.2 Å². The fourth-order valence-electron chi connectivity index (χ4n) is 4.94. The zero-order valence-electron chi connectivity index (χ0n) is 19.6. The summed E-state index contributed by atoms with van der Waals surface area (Å²) in [4.78, 5) is 9.07. The summed E-state index contributed by atoms with van der Waals surface area (Å²) in [7, 11) is 1.62. The summed E-state index contributed by atoms with van der Waals surface area (Å²) in [5.41, 5.74) is 6.16. The van der Waals surface area contributed by atoms with E-state index in [1.165, 1.54) is 11.1 Å². The van der Waals surface area contributed by atoms with Crippen LogP contribution < -0.4 is 10.1 Å². The average Bonchev–Trinajstić information content (AvgIpc) is 3.35. The van der Waals surface area contributed by atoms with E-state index >= 15 is 0 Å². The first-order valence-electron chi connectivity index (χ1n) is 11.9. The zero-order chi connectivity index (χ0) is 23.6. The molecule has 3 aromatic heterocycles. The minimum absolute atomic E-state index is 0.0210. The summed E-state index contributed by atoms with van der Waals surface area (Å²) in [6.07, 6.45) is 20.1. The number of rotatable bonds is 6. The number of pyridine rings is 2. The van der Waals surface area contributed by atoms with Gasteiger partial charge in [0, 0.05) is 24.5 Å². The van der Waals surface area contributed by atoms with E-state index in [0.29, 0.717) is 11.9 Å². The molecule has 2 atom stereocenters. The molecule has 35 heavy (non-hydrogen) atoms. The van der Waals surface area contributed by atoms with Gasteiger partial charge in [-0.25, -0.2) is 9.67 Å². The van der Waals surface area contributed by atoms with E-state index < -0.39 is 0 Å². The molecule has 0 saturated carbocycles. The molecule has 8 nitrogen and oxygen atoms in total. The van der Waals surface area contributed by atoms with Crippen molar-refractivity contribution in [3.8, 4) is 11.6 Å². The van der Waals surface area contributed by atoms with Crippen LogP contribution in [0, 0.1) is 0 Å². The second-order valence-corrected chi connectivity index (χ2v) is 8.89. The normalized spacial score (nSPS) is 19.9. The number of ether oxygens (including phenoxy) is 3. The number of nitrogens with zero attached hydrogens (tertiary/aromatic N) is 4. The van der Waals surface area contributed by atoms with E-state index in [0.717, 1.165) is 60.3 Å². The lowest BCUT2D eigenvalue weighted by Crippen LogP contribution is -2.44. The van der Waals surface area contributed by atoms with Crippen molar-refractivity contribution in [1.29, 1.82) is 0 Å². The molecule has 6 rings (SSSR count). The van der Waals surface area contributed by atoms with Crippen LogP contribution in [-0.4, -0.2) is 38.9 Å². The largest absolute Gasteiger partial charge is 0.481 e. The topological polar surface area (TPSA) is 83.3 Å². The Kier molecular flexibility index (Phi) is 5.79. The second kappa shape index (κ2) is 9.38. The lowest BCUT2D eigenvalue weighted by Gasteiger charge is -2.31. The number of nitrogens with one attached hydrogen (secondary N) is 1. The molecule has 0 radical (unpaired) electrons. The maximum absolute atomic E-state index is 5.81. The summed E-state index contributed by atoms with van der Waals surface area (Å²) in [5.74, 6) is 1.35. The van der Waals surface area contributed by atoms with Gasteiger partial charge in [-0.05, 0) is 55.4 Å². The van der Waals surface area contributed by atoms with Gasteiger partial charge in [-0.2, -0.15) is 5.10 Å².